The smallest absolute Gasteiger partial charge is 0.358 e. The van der Waals surface area contributed by atoms with Crippen molar-refractivity contribution >= 4 is 28.2 Å². The van der Waals surface area contributed by atoms with Gasteiger partial charge in [-0.3, -0.25) is 9.20 Å². The maximum atomic E-state index is 12.6. The third-order valence-corrected chi connectivity index (χ3v) is 7.47. The summed E-state index contributed by atoms with van der Waals surface area (Å²) in [6, 6.07) is 0. The van der Waals surface area contributed by atoms with E-state index in [4.69, 9.17) is 4.74 Å². The van der Waals surface area contributed by atoms with Gasteiger partial charge in [0.15, 0.2) is 10.7 Å². The summed E-state index contributed by atoms with van der Waals surface area (Å²) in [6.07, 6.45) is 5.73. The van der Waals surface area contributed by atoms with E-state index in [2.05, 4.69) is 30.2 Å². The molecule has 1 saturated heterocycles. The molecule has 29 heavy (non-hydrogen) atoms. The van der Waals surface area contributed by atoms with E-state index in [0.717, 1.165) is 49.3 Å². The highest BCUT2D eigenvalue weighted by Gasteiger charge is 2.34. The summed E-state index contributed by atoms with van der Waals surface area (Å²) < 4.78 is 7.44. The molecule has 1 aliphatic heterocycles. The normalized spacial score (nSPS) is 20.2. The van der Waals surface area contributed by atoms with E-state index in [1.165, 1.54) is 10.6 Å². The van der Waals surface area contributed by atoms with Gasteiger partial charge in [-0.2, -0.15) is 0 Å². The number of carbonyl (C=O) groups is 2. The Hall–Kier alpha value is -1.89. The fourth-order valence-electron chi connectivity index (χ4n) is 4.58. The number of rotatable bonds is 4. The minimum atomic E-state index is -0.389. The zero-order valence-corrected chi connectivity index (χ0v) is 18.7. The Kier molecular flexibility index (Phi) is 5.44. The van der Waals surface area contributed by atoms with Crippen molar-refractivity contribution in [3.63, 3.8) is 0 Å². The van der Waals surface area contributed by atoms with E-state index < -0.39 is 0 Å². The number of piperidine rings is 1. The summed E-state index contributed by atoms with van der Waals surface area (Å²) in [5.74, 6) is 0.424. The number of thiazole rings is 1. The molecule has 1 amide bonds. The topological polar surface area (TPSA) is 63.9 Å². The molecule has 7 heteroatoms. The second-order valence-electron chi connectivity index (χ2n) is 9.30. The Morgan fingerprint density at radius 2 is 2.07 bits per heavy atom. The van der Waals surface area contributed by atoms with Gasteiger partial charge in [0, 0.05) is 23.5 Å². The van der Waals surface area contributed by atoms with Gasteiger partial charge in [0.1, 0.15) is 0 Å². The maximum Gasteiger partial charge on any atom is 0.358 e. The van der Waals surface area contributed by atoms with Crippen molar-refractivity contribution in [3.05, 3.63) is 22.0 Å². The number of aromatic nitrogens is 2. The van der Waals surface area contributed by atoms with Crippen molar-refractivity contribution in [2.24, 2.45) is 11.3 Å². The summed E-state index contributed by atoms with van der Waals surface area (Å²) in [4.78, 5) is 33.8. The van der Waals surface area contributed by atoms with Gasteiger partial charge in [-0.05, 0) is 50.4 Å². The first-order valence-electron chi connectivity index (χ1n) is 10.8. The van der Waals surface area contributed by atoms with Crippen molar-refractivity contribution in [1.82, 2.24) is 14.3 Å². The first kappa shape index (κ1) is 20.4. The summed E-state index contributed by atoms with van der Waals surface area (Å²) in [5, 5.41) is 0. The minimum absolute atomic E-state index is 0.165. The van der Waals surface area contributed by atoms with Crippen molar-refractivity contribution in [2.45, 2.75) is 72.8 Å². The van der Waals surface area contributed by atoms with Gasteiger partial charge >= 0.3 is 5.97 Å². The standard InChI is InChI=1S/C22H31N3O3S/c1-5-28-20(27)19-16(13-24-11-7-6-8-18(24)26)25-15-10-9-14(22(2,3)4)12-17(15)29-21(25)23-19/h14H,5-13H2,1-4H3. The highest BCUT2D eigenvalue weighted by atomic mass is 32.1. The van der Waals surface area contributed by atoms with Crippen LogP contribution in [0.5, 0.6) is 0 Å². The van der Waals surface area contributed by atoms with E-state index in [-0.39, 0.29) is 17.3 Å². The number of aryl methyl sites for hydroxylation is 1. The largest absolute Gasteiger partial charge is 0.461 e. The quantitative estimate of drug-likeness (QED) is 0.698. The minimum Gasteiger partial charge on any atom is -0.461 e. The van der Waals surface area contributed by atoms with Crippen LogP contribution in [0.1, 0.15) is 80.1 Å². The molecule has 1 atom stereocenters. The Morgan fingerprint density at radius 1 is 1.28 bits per heavy atom. The molecule has 4 rings (SSSR count). The Labute approximate surface area is 176 Å². The molecule has 0 N–H and O–H groups in total. The molecule has 0 radical (unpaired) electrons. The lowest BCUT2D eigenvalue weighted by atomic mass is 9.73. The second kappa shape index (κ2) is 7.74. The lowest BCUT2D eigenvalue weighted by Crippen LogP contribution is -2.35. The van der Waals surface area contributed by atoms with Crippen LogP contribution in [0.25, 0.3) is 4.96 Å². The van der Waals surface area contributed by atoms with Crippen LogP contribution in [0.4, 0.5) is 0 Å². The third-order valence-electron chi connectivity index (χ3n) is 6.37. The average molecular weight is 418 g/mol. The molecule has 2 aromatic heterocycles. The van der Waals surface area contributed by atoms with Gasteiger partial charge in [0.2, 0.25) is 5.91 Å². The van der Waals surface area contributed by atoms with E-state index in [1.54, 1.807) is 18.3 Å². The lowest BCUT2D eigenvalue weighted by Gasteiger charge is -2.33. The first-order chi connectivity index (χ1) is 13.8. The zero-order valence-electron chi connectivity index (χ0n) is 17.9. The fraction of sp³-hybridized carbons (Fsp3) is 0.682. The van der Waals surface area contributed by atoms with E-state index in [1.807, 2.05) is 4.90 Å². The Morgan fingerprint density at radius 3 is 2.76 bits per heavy atom. The highest BCUT2D eigenvalue weighted by molar-refractivity contribution is 7.17. The summed E-state index contributed by atoms with van der Waals surface area (Å²) in [6.45, 7) is 10.2. The number of ether oxygens (including phenoxy) is 1. The molecule has 158 valence electrons. The van der Waals surface area contributed by atoms with Crippen LogP contribution in [-0.4, -0.2) is 39.3 Å². The summed E-state index contributed by atoms with van der Waals surface area (Å²) in [5.41, 5.74) is 2.74. The molecule has 2 aromatic rings. The van der Waals surface area contributed by atoms with Gasteiger partial charge in [0.05, 0.1) is 18.8 Å². The number of nitrogens with zero attached hydrogens (tertiary/aromatic N) is 3. The third kappa shape index (κ3) is 3.81. The van der Waals surface area contributed by atoms with Gasteiger partial charge in [0.25, 0.3) is 0 Å². The number of esters is 1. The molecule has 3 heterocycles. The number of carbonyl (C=O) groups excluding carboxylic acids is 2. The number of likely N-dealkylation sites (tertiary alicyclic amines) is 1. The van der Waals surface area contributed by atoms with E-state index in [9.17, 15) is 9.59 Å². The highest BCUT2D eigenvalue weighted by Crippen LogP contribution is 2.41. The number of fused-ring (bicyclic) bond motifs is 3. The van der Waals surface area contributed by atoms with E-state index in [0.29, 0.717) is 31.2 Å². The predicted molar refractivity (Wildman–Crippen MR) is 113 cm³/mol. The van der Waals surface area contributed by atoms with Gasteiger partial charge in [-0.25, -0.2) is 9.78 Å². The van der Waals surface area contributed by atoms with Gasteiger partial charge in [-0.15, -0.1) is 11.3 Å². The molecule has 6 nitrogen and oxygen atoms in total. The fourth-order valence-corrected chi connectivity index (χ4v) is 5.84. The van der Waals surface area contributed by atoms with Crippen LogP contribution in [0, 0.1) is 11.3 Å². The van der Waals surface area contributed by atoms with Crippen LogP contribution in [-0.2, 0) is 28.9 Å². The molecule has 0 bridgehead atoms. The molecule has 2 aliphatic rings. The number of hydrogen-bond acceptors (Lipinski definition) is 5. The van der Waals surface area contributed by atoms with Crippen LogP contribution in [0.2, 0.25) is 0 Å². The Balaban J connectivity index is 1.75. The molecule has 1 fully saturated rings. The predicted octanol–water partition coefficient (Wildman–Crippen LogP) is 4.24. The van der Waals surface area contributed by atoms with E-state index >= 15 is 0 Å². The van der Waals surface area contributed by atoms with Crippen LogP contribution in [0.15, 0.2) is 0 Å². The van der Waals surface area contributed by atoms with Crippen LogP contribution in [0.3, 0.4) is 0 Å². The average Bonchev–Trinajstić information content (AvgIpc) is 3.19. The number of hydrogen-bond donors (Lipinski definition) is 0. The van der Waals surface area contributed by atoms with Crippen LogP contribution < -0.4 is 0 Å². The SMILES string of the molecule is CCOC(=O)c1nc2sc3c(n2c1CN1CCCCC1=O)CCC(C(C)(C)C)C3. The first-order valence-corrected chi connectivity index (χ1v) is 11.6. The molecule has 0 aromatic carbocycles. The zero-order chi connectivity index (χ0) is 20.8. The molecule has 0 saturated carbocycles. The summed E-state index contributed by atoms with van der Waals surface area (Å²) in [7, 11) is 0. The molecular formula is C22H31N3O3S. The maximum absolute atomic E-state index is 12.6. The molecule has 1 unspecified atom stereocenters. The number of imidazole rings is 1. The van der Waals surface area contributed by atoms with Crippen molar-refractivity contribution in [3.8, 4) is 0 Å². The van der Waals surface area contributed by atoms with Crippen molar-refractivity contribution in [2.75, 3.05) is 13.2 Å². The molecule has 1 aliphatic carbocycles. The molecular weight excluding hydrogens is 386 g/mol. The van der Waals surface area contributed by atoms with Crippen LogP contribution >= 0.6 is 11.3 Å². The van der Waals surface area contributed by atoms with Crippen molar-refractivity contribution < 1.29 is 14.3 Å². The summed E-state index contributed by atoms with van der Waals surface area (Å²) >= 11 is 1.69. The van der Waals surface area contributed by atoms with Gasteiger partial charge < -0.3 is 9.64 Å². The second-order valence-corrected chi connectivity index (χ2v) is 10.4. The monoisotopic (exact) mass is 417 g/mol. The van der Waals surface area contributed by atoms with Gasteiger partial charge in [-0.1, -0.05) is 20.8 Å². The Bertz CT molecular complexity index is 937. The lowest BCUT2D eigenvalue weighted by molar-refractivity contribution is -0.133. The number of amides is 1. The molecule has 0 spiro atoms. The van der Waals surface area contributed by atoms with Crippen molar-refractivity contribution in [1.29, 1.82) is 0 Å².